The van der Waals surface area contributed by atoms with E-state index in [-0.39, 0.29) is 0 Å². The quantitative estimate of drug-likeness (QED) is 0.844. The number of hydrogen-bond acceptors (Lipinski definition) is 2. The molecule has 0 radical (unpaired) electrons. The Balaban J connectivity index is 2.42. The third-order valence-electron chi connectivity index (χ3n) is 3.18. The van der Waals surface area contributed by atoms with E-state index < -0.39 is 5.97 Å². The van der Waals surface area contributed by atoms with E-state index in [0.717, 1.165) is 23.0 Å². The molecule has 0 aliphatic heterocycles. The van der Waals surface area contributed by atoms with Crippen LogP contribution in [-0.2, 0) is 4.79 Å². The molecule has 0 aliphatic carbocycles. The van der Waals surface area contributed by atoms with Crippen LogP contribution in [-0.4, -0.2) is 18.1 Å². The summed E-state index contributed by atoms with van der Waals surface area (Å²) in [4.78, 5) is 12.7. The van der Waals surface area contributed by atoms with Crippen LogP contribution in [0, 0.1) is 6.92 Å². The fraction of sp³-hybridized carbons (Fsp3) is 0.118. The van der Waals surface area contributed by atoms with Crippen LogP contribution in [0.15, 0.2) is 48.5 Å². The fourth-order valence-electron chi connectivity index (χ4n) is 2.03. The number of halogens is 1. The van der Waals surface area contributed by atoms with Gasteiger partial charge in [-0.05, 0) is 48.9 Å². The van der Waals surface area contributed by atoms with Crippen molar-refractivity contribution < 1.29 is 9.90 Å². The minimum Gasteiger partial charge on any atom is -0.478 e. The molecule has 2 rings (SSSR count). The van der Waals surface area contributed by atoms with Crippen LogP contribution in [0.4, 0.5) is 11.4 Å². The van der Waals surface area contributed by atoms with E-state index in [2.05, 4.69) is 0 Å². The molecule has 0 fully saturated rings. The van der Waals surface area contributed by atoms with Gasteiger partial charge in [-0.1, -0.05) is 29.3 Å². The molecule has 4 heteroatoms. The third kappa shape index (κ3) is 3.86. The number of benzene rings is 2. The Morgan fingerprint density at radius 2 is 1.86 bits per heavy atom. The molecule has 0 aliphatic rings. The zero-order chi connectivity index (χ0) is 15.4. The van der Waals surface area contributed by atoms with Crippen LogP contribution in [0.25, 0.3) is 6.08 Å². The van der Waals surface area contributed by atoms with Crippen molar-refractivity contribution in [3.8, 4) is 0 Å². The maximum absolute atomic E-state index is 10.7. The van der Waals surface area contributed by atoms with Crippen molar-refractivity contribution in [2.24, 2.45) is 0 Å². The SMILES string of the molecule is Cc1ccc(N(C)c2ccc(Cl)cc2/C=C/C(=O)O)cc1. The van der Waals surface area contributed by atoms with E-state index in [1.54, 1.807) is 18.2 Å². The number of aliphatic carboxylic acids is 1. The van der Waals surface area contributed by atoms with Crippen molar-refractivity contribution in [1.29, 1.82) is 0 Å². The molecule has 21 heavy (non-hydrogen) atoms. The predicted molar refractivity (Wildman–Crippen MR) is 87.4 cm³/mol. The maximum atomic E-state index is 10.7. The van der Waals surface area contributed by atoms with Gasteiger partial charge in [-0.15, -0.1) is 0 Å². The molecule has 0 amide bonds. The molecule has 2 aromatic carbocycles. The number of rotatable bonds is 4. The second-order valence-electron chi connectivity index (χ2n) is 4.77. The Labute approximate surface area is 129 Å². The van der Waals surface area contributed by atoms with Gasteiger partial charge in [-0.25, -0.2) is 4.79 Å². The molecular formula is C17H16ClNO2. The van der Waals surface area contributed by atoms with Crippen LogP contribution in [0.1, 0.15) is 11.1 Å². The van der Waals surface area contributed by atoms with Crippen LogP contribution >= 0.6 is 11.6 Å². The molecule has 0 spiro atoms. The fourth-order valence-corrected chi connectivity index (χ4v) is 2.21. The second-order valence-corrected chi connectivity index (χ2v) is 5.21. The largest absolute Gasteiger partial charge is 0.478 e. The Morgan fingerprint density at radius 1 is 1.19 bits per heavy atom. The Morgan fingerprint density at radius 3 is 2.48 bits per heavy atom. The minimum absolute atomic E-state index is 0.570. The number of aryl methyl sites for hydroxylation is 1. The van der Waals surface area contributed by atoms with Gasteiger partial charge in [0, 0.05) is 29.5 Å². The summed E-state index contributed by atoms with van der Waals surface area (Å²) in [7, 11) is 1.94. The lowest BCUT2D eigenvalue weighted by Gasteiger charge is -2.22. The summed E-state index contributed by atoms with van der Waals surface area (Å²) in [6.07, 6.45) is 2.66. The molecule has 0 saturated heterocycles. The first-order chi connectivity index (χ1) is 9.97. The van der Waals surface area contributed by atoms with Gasteiger partial charge in [0.2, 0.25) is 0 Å². The molecule has 1 N–H and O–H groups in total. The van der Waals surface area contributed by atoms with Crippen LogP contribution in [0.5, 0.6) is 0 Å². The minimum atomic E-state index is -0.987. The van der Waals surface area contributed by atoms with Crippen molar-refractivity contribution in [3.05, 3.63) is 64.7 Å². The molecule has 0 saturated carbocycles. The predicted octanol–water partition coefficient (Wildman–Crippen LogP) is 4.51. The van der Waals surface area contributed by atoms with Crippen LogP contribution in [0.3, 0.4) is 0 Å². The Hall–Kier alpha value is -2.26. The molecule has 3 nitrogen and oxygen atoms in total. The van der Waals surface area contributed by atoms with Crippen molar-refractivity contribution in [3.63, 3.8) is 0 Å². The van der Waals surface area contributed by atoms with E-state index in [9.17, 15) is 4.79 Å². The van der Waals surface area contributed by atoms with E-state index >= 15 is 0 Å². The molecule has 108 valence electrons. The summed E-state index contributed by atoms with van der Waals surface area (Å²) in [5.41, 5.74) is 3.86. The Kier molecular flexibility index (Phi) is 4.66. The first-order valence-electron chi connectivity index (χ1n) is 6.48. The zero-order valence-electron chi connectivity index (χ0n) is 11.9. The highest BCUT2D eigenvalue weighted by Gasteiger charge is 2.08. The van der Waals surface area contributed by atoms with Gasteiger partial charge in [0.1, 0.15) is 0 Å². The summed E-state index contributed by atoms with van der Waals surface area (Å²) in [6, 6.07) is 13.5. The first kappa shape index (κ1) is 15.1. The molecule has 0 heterocycles. The maximum Gasteiger partial charge on any atom is 0.328 e. The third-order valence-corrected chi connectivity index (χ3v) is 3.41. The molecule has 2 aromatic rings. The average molecular weight is 302 g/mol. The first-order valence-corrected chi connectivity index (χ1v) is 6.86. The number of carboxylic acids is 1. The van der Waals surface area contributed by atoms with Gasteiger partial charge in [0.05, 0.1) is 0 Å². The van der Waals surface area contributed by atoms with Gasteiger partial charge >= 0.3 is 5.97 Å². The summed E-state index contributed by atoms with van der Waals surface area (Å²) in [6.45, 7) is 2.03. The zero-order valence-corrected chi connectivity index (χ0v) is 12.6. The Bertz CT molecular complexity index is 678. The number of hydrogen-bond donors (Lipinski definition) is 1. The lowest BCUT2D eigenvalue weighted by molar-refractivity contribution is -0.131. The van der Waals surface area contributed by atoms with Gasteiger partial charge in [0.25, 0.3) is 0 Å². The molecular weight excluding hydrogens is 286 g/mol. The van der Waals surface area contributed by atoms with Gasteiger partial charge in [0.15, 0.2) is 0 Å². The number of carbonyl (C=O) groups is 1. The van der Waals surface area contributed by atoms with Crippen molar-refractivity contribution in [2.75, 3.05) is 11.9 Å². The monoisotopic (exact) mass is 301 g/mol. The van der Waals surface area contributed by atoms with Crippen molar-refractivity contribution >= 4 is 35.0 Å². The van der Waals surface area contributed by atoms with Crippen LogP contribution < -0.4 is 4.90 Å². The standard InChI is InChI=1S/C17H16ClNO2/c1-12-3-7-15(8-4-12)19(2)16-9-6-14(18)11-13(16)5-10-17(20)21/h3-11H,1-2H3,(H,20,21)/b10-5+. The summed E-state index contributed by atoms with van der Waals surface area (Å²) < 4.78 is 0. The summed E-state index contributed by atoms with van der Waals surface area (Å²) in [5.74, 6) is -0.987. The second kappa shape index (κ2) is 6.46. The van der Waals surface area contributed by atoms with E-state index in [1.807, 2.05) is 49.2 Å². The number of carboxylic acid groups (broad SMARTS) is 1. The highest BCUT2D eigenvalue weighted by molar-refractivity contribution is 6.30. The normalized spacial score (nSPS) is 10.8. The number of nitrogens with zero attached hydrogens (tertiary/aromatic N) is 1. The summed E-state index contributed by atoms with van der Waals surface area (Å²) in [5, 5.41) is 9.36. The van der Waals surface area contributed by atoms with E-state index in [1.165, 1.54) is 5.56 Å². The van der Waals surface area contributed by atoms with Gasteiger partial charge in [-0.3, -0.25) is 0 Å². The van der Waals surface area contributed by atoms with E-state index in [0.29, 0.717) is 5.02 Å². The molecule has 0 atom stereocenters. The van der Waals surface area contributed by atoms with Crippen molar-refractivity contribution in [1.82, 2.24) is 0 Å². The smallest absolute Gasteiger partial charge is 0.328 e. The molecule has 0 aromatic heterocycles. The summed E-state index contributed by atoms with van der Waals surface area (Å²) >= 11 is 6.00. The highest BCUT2D eigenvalue weighted by atomic mass is 35.5. The molecule has 0 bridgehead atoms. The van der Waals surface area contributed by atoms with Gasteiger partial charge in [-0.2, -0.15) is 0 Å². The lowest BCUT2D eigenvalue weighted by atomic mass is 10.1. The average Bonchev–Trinajstić information content (AvgIpc) is 2.45. The van der Waals surface area contributed by atoms with Gasteiger partial charge < -0.3 is 10.0 Å². The topological polar surface area (TPSA) is 40.5 Å². The number of anilines is 2. The van der Waals surface area contributed by atoms with Crippen molar-refractivity contribution in [2.45, 2.75) is 6.92 Å². The van der Waals surface area contributed by atoms with Crippen LogP contribution in [0.2, 0.25) is 5.02 Å². The molecule has 0 unspecified atom stereocenters. The van der Waals surface area contributed by atoms with E-state index in [4.69, 9.17) is 16.7 Å². The highest BCUT2D eigenvalue weighted by Crippen LogP contribution is 2.30. The lowest BCUT2D eigenvalue weighted by Crippen LogP contribution is -2.10.